The van der Waals surface area contributed by atoms with Crippen molar-refractivity contribution in [3.8, 4) is 11.5 Å². The summed E-state index contributed by atoms with van der Waals surface area (Å²) in [5.74, 6) is 1.20. The van der Waals surface area contributed by atoms with E-state index in [0.29, 0.717) is 37.7 Å². The predicted octanol–water partition coefficient (Wildman–Crippen LogP) is 3.17. The standard InChI is InChI=1S/C26H27N3O4/c30-25(17-9-10-21-19(15-17)18-5-1-2-6-20(18)27-21)28-11-13-29(14-12-28)26(31)24-16-32-22-7-3-4-8-23(22)33-24/h3-4,7-10,15,24,27H,1-2,5-6,11-14,16H2/t24-/m1/s1. The van der Waals surface area contributed by atoms with Crippen molar-refractivity contribution in [1.29, 1.82) is 0 Å². The summed E-state index contributed by atoms with van der Waals surface area (Å²) < 4.78 is 11.6. The van der Waals surface area contributed by atoms with Gasteiger partial charge in [0.1, 0.15) is 6.61 Å². The third-order valence-electron chi connectivity index (χ3n) is 7.01. The van der Waals surface area contributed by atoms with Crippen LogP contribution in [0.3, 0.4) is 0 Å². The third-order valence-corrected chi connectivity index (χ3v) is 7.01. The lowest BCUT2D eigenvalue weighted by Gasteiger charge is -2.37. The lowest BCUT2D eigenvalue weighted by molar-refractivity contribution is -0.142. The zero-order valence-corrected chi connectivity index (χ0v) is 18.5. The normalized spacial score (nSPS) is 19.9. The lowest BCUT2D eigenvalue weighted by atomic mass is 9.95. The van der Waals surface area contributed by atoms with Crippen LogP contribution in [-0.4, -0.2) is 65.5 Å². The molecule has 1 saturated heterocycles. The second-order valence-electron chi connectivity index (χ2n) is 9.03. The quantitative estimate of drug-likeness (QED) is 0.658. The first-order chi connectivity index (χ1) is 16.2. The lowest BCUT2D eigenvalue weighted by Crippen LogP contribution is -2.55. The van der Waals surface area contributed by atoms with Crippen LogP contribution in [0.15, 0.2) is 42.5 Å². The Kier molecular flexibility index (Phi) is 4.97. The highest BCUT2D eigenvalue weighted by Crippen LogP contribution is 2.32. The Labute approximate surface area is 192 Å². The van der Waals surface area contributed by atoms with Crippen molar-refractivity contribution in [3.05, 3.63) is 59.3 Å². The van der Waals surface area contributed by atoms with Crippen LogP contribution in [0.25, 0.3) is 10.9 Å². The maximum Gasteiger partial charge on any atom is 0.267 e. The van der Waals surface area contributed by atoms with Crippen LogP contribution in [0.4, 0.5) is 0 Å². The van der Waals surface area contributed by atoms with E-state index in [1.807, 2.05) is 47.4 Å². The predicted molar refractivity (Wildman–Crippen MR) is 124 cm³/mol. The van der Waals surface area contributed by atoms with Gasteiger partial charge in [-0.15, -0.1) is 0 Å². The number of fused-ring (bicyclic) bond motifs is 4. The zero-order valence-electron chi connectivity index (χ0n) is 18.5. The van der Waals surface area contributed by atoms with Crippen LogP contribution in [0.5, 0.6) is 11.5 Å². The van der Waals surface area contributed by atoms with Gasteiger partial charge in [0.2, 0.25) is 6.10 Å². The molecule has 0 unspecified atom stereocenters. The van der Waals surface area contributed by atoms with Gasteiger partial charge in [0.15, 0.2) is 11.5 Å². The first kappa shape index (κ1) is 20.1. The smallest absolute Gasteiger partial charge is 0.267 e. The second-order valence-corrected chi connectivity index (χ2v) is 9.03. The number of carbonyl (C=O) groups is 2. The molecule has 0 saturated carbocycles. The Morgan fingerprint density at radius 1 is 0.909 bits per heavy atom. The highest BCUT2D eigenvalue weighted by molar-refractivity contribution is 5.99. The molecule has 33 heavy (non-hydrogen) atoms. The molecule has 0 radical (unpaired) electrons. The molecule has 1 aromatic heterocycles. The van der Waals surface area contributed by atoms with Crippen LogP contribution >= 0.6 is 0 Å². The monoisotopic (exact) mass is 445 g/mol. The first-order valence-corrected chi connectivity index (χ1v) is 11.8. The van der Waals surface area contributed by atoms with Crippen LogP contribution in [0.1, 0.15) is 34.5 Å². The number of hydrogen-bond donors (Lipinski definition) is 1. The van der Waals surface area contributed by atoms with Crippen molar-refractivity contribution in [2.45, 2.75) is 31.8 Å². The van der Waals surface area contributed by atoms with Crippen molar-refractivity contribution in [2.75, 3.05) is 32.8 Å². The van der Waals surface area contributed by atoms with E-state index in [4.69, 9.17) is 9.47 Å². The molecule has 3 heterocycles. The molecule has 7 nitrogen and oxygen atoms in total. The van der Waals surface area contributed by atoms with Crippen molar-refractivity contribution in [3.63, 3.8) is 0 Å². The van der Waals surface area contributed by atoms with Crippen molar-refractivity contribution < 1.29 is 19.1 Å². The Morgan fingerprint density at radius 2 is 1.67 bits per heavy atom. The number of piperazine rings is 1. The van der Waals surface area contributed by atoms with Crippen molar-refractivity contribution >= 4 is 22.7 Å². The number of aryl methyl sites for hydroxylation is 2. The van der Waals surface area contributed by atoms with Gasteiger partial charge in [-0.05, 0) is 61.6 Å². The summed E-state index contributed by atoms with van der Waals surface area (Å²) in [6.07, 6.45) is 3.94. The number of H-pyrrole nitrogens is 1. The van der Waals surface area contributed by atoms with Crippen molar-refractivity contribution in [1.82, 2.24) is 14.8 Å². The first-order valence-electron chi connectivity index (χ1n) is 11.8. The largest absolute Gasteiger partial charge is 0.485 e. The van der Waals surface area contributed by atoms with E-state index < -0.39 is 6.10 Å². The molecule has 6 rings (SSSR count). The number of aromatic amines is 1. The van der Waals surface area contributed by atoms with E-state index in [1.165, 1.54) is 29.5 Å². The molecule has 170 valence electrons. The molecule has 1 atom stereocenters. The number of aromatic nitrogens is 1. The third kappa shape index (κ3) is 3.61. The summed E-state index contributed by atoms with van der Waals surface area (Å²) in [6, 6.07) is 13.4. The number of para-hydroxylation sites is 2. The van der Waals surface area contributed by atoms with E-state index >= 15 is 0 Å². The van der Waals surface area contributed by atoms with Crippen LogP contribution in [0, 0.1) is 0 Å². The molecular weight excluding hydrogens is 418 g/mol. The Morgan fingerprint density at radius 3 is 2.52 bits per heavy atom. The van der Waals surface area contributed by atoms with Crippen molar-refractivity contribution in [2.24, 2.45) is 0 Å². The topological polar surface area (TPSA) is 74.9 Å². The van der Waals surface area contributed by atoms with Crippen LogP contribution < -0.4 is 9.47 Å². The van der Waals surface area contributed by atoms with Crippen LogP contribution in [-0.2, 0) is 17.6 Å². The van der Waals surface area contributed by atoms with Gasteiger partial charge in [0, 0.05) is 48.3 Å². The fraction of sp³-hybridized carbons (Fsp3) is 0.385. The number of carbonyl (C=O) groups excluding carboxylic acids is 2. The highest BCUT2D eigenvalue weighted by Gasteiger charge is 2.33. The van der Waals surface area contributed by atoms with Gasteiger partial charge in [-0.25, -0.2) is 0 Å². The molecule has 3 aromatic rings. The van der Waals surface area contributed by atoms with E-state index in [-0.39, 0.29) is 18.4 Å². The molecule has 3 aliphatic rings. The average Bonchev–Trinajstić information content (AvgIpc) is 3.25. The van der Waals surface area contributed by atoms with Gasteiger partial charge in [0.05, 0.1) is 0 Å². The number of nitrogens with one attached hydrogen (secondary N) is 1. The minimum absolute atomic E-state index is 0.0286. The fourth-order valence-corrected chi connectivity index (χ4v) is 5.20. The Bertz CT molecular complexity index is 1230. The summed E-state index contributed by atoms with van der Waals surface area (Å²) >= 11 is 0. The number of amides is 2. The molecule has 2 aromatic carbocycles. The SMILES string of the molecule is O=C(c1ccc2[nH]c3c(c2c1)CCCC3)N1CCN(C(=O)[C@H]2COc3ccccc3O2)CC1. The summed E-state index contributed by atoms with van der Waals surface area (Å²) in [5, 5.41) is 1.18. The summed E-state index contributed by atoms with van der Waals surface area (Å²) in [7, 11) is 0. The summed E-state index contributed by atoms with van der Waals surface area (Å²) in [5.41, 5.74) is 4.53. The molecule has 2 aliphatic heterocycles. The van der Waals surface area contributed by atoms with E-state index in [2.05, 4.69) is 4.98 Å². The second kappa shape index (κ2) is 8.14. The van der Waals surface area contributed by atoms with E-state index in [1.54, 1.807) is 4.90 Å². The maximum absolute atomic E-state index is 13.2. The van der Waals surface area contributed by atoms with Gasteiger partial charge in [0.25, 0.3) is 11.8 Å². The molecule has 1 N–H and O–H groups in total. The van der Waals surface area contributed by atoms with E-state index in [9.17, 15) is 9.59 Å². The van der Waals surface area contributed by atoms with Gasteiger partial charge >= 0.3 is 0 Å². The Balaban J connectivity index is 1.11. The zero-order chi connectivity index (χ0) is 22.4. The number of hydrogen-bond acceptors (Lipinski definition) is 4. The maximum atomic E-state index is 13.2. The molecule has 0 spiro atoms. The average molecular weight is 446 g/mol. The molecule has 0 bridgehead atoms. The highest BCUT2D eigenvalue weighted by atomic mass is 16.6. The minimum atomic E-state index is -0.649. The molecule has 2 amide bonds. The van der Waals surface area contributed by atoms with Gasteiger partial charge in [-0.2, -0.15) is 0 Å². The van der Waals surface area contributed by atoms with Crippen LogP contribution in [0.2, 0.25) is 0 Å². The van der Waals surface area contributed by atoms with Gasteiger partial charge < -0.3 is 24.3 Å². The van der Waals surface area contributed by atoms with E-state index in [0.717, 1.165) is 23.9 Å². The number of nitrogens with zero attached hydrogens (tertiary/aromatic N) is 2. The minimum Gasteiger partial charge on any atom is -0.485 e. The number of rotatable bonds is 2. The molecular formula is C26H27N3O4. The van der Waals surface area contributed by atoms with Gasteiger partial charge in [-0.3, -0.25) is 9.59 Å². The number of ether oxygens (including phenoxy) is 2. The Hall–Kier alpha value is -3.48. The van der Waals surface area contributed by atoms with Gasteiger partial charge in [-0.1, -0.05) is 12.1 Å². The molecule has 1 fully saturated rings. The summed E-state index contributed by atoms with van der Waals surface area (Å²) in [4.78, 5) is 33.3. The number of benzene rings is 2. The molecule has 1 aliphatic carbocycles. The summed E-state index contributed by atoms with van der Waals surface area (Å²) in [6.45, 7) is 2.22. The molecule has 7 heteroatoms. The fourth-order valence-electron chi connectivity index (χ4n) is 5.20.